The van der Waals surface area contributed by atoms with Crippen LogP contribution in [0, 0.1) is 5.92 Å². The van der Waals surface area contributed by atoms with E-state index in [1.54, 1.807) is 0 Å². The quantitative estimate of drug-likeness (QED) is 0.697. The van der Waals surface area contributed by atoms with Crippen molar-refractivity contribution >= 4 is 11.6 Å². The molecular weight excluding hydrogens is 212 g/mol. The van der Waals surface area contributed by atoms with E-state index in [2.05, 4.69) is 0 Å². The van der Waals surface area contributed by atoms with Crippen LogP contribution in [0.5, 0.6) is 0 Å². The van der Waals surface area contributed by atoms with Crippen molar-refractivity contribution in [2.45, 2.75) is 50.2 Å². The second-order valence-electron chi connectivity index (χ2n) is 4.82. The molecule has 2 unspecified atom stereocenters. The summed E-state index contributed by atoms with van der Waals surface area (Å²) in [6.45, 7) is 0.854. The third-order valence-electron chi connectivity index (χ3n) is 4.04. The average molecular weight is 233 g/mol. The van der Waals surface area contributed by atoms with E-state index in [1.807, 2.05) is 7.11 Å². The number of rotatable bonds is 3. The first-order chi connectivity index (χ1) is 7.32. The predicted octanol–water partition coefficient (Wildman–Crippen LogP) is 2.98. The highest BCUT2D eigenvalue weighted by atomic mass is 35.5. The first kappa shape index (κ1) is 11.7. The highest BCUT2D eigenvalue weighted by Crippen LogP contribution is 2.41. The van der Waals surface area contributed by atoms with Gasteiger partial charge in [0.1, 0.15) is 0 Å². The van der Waals surface area contributed by atoms with Gasteiger partial charge in [-0.25, -0.2) is 0 Å². The topological polar surface area (TPSA) is 18.5 Å². The third kappa shape index (κ3) is 2.17. The van der Waals surface area contributed by atoms with E-state index in [0.717, 1.165) is 25.9 Å². The van der Waals surface area contributed by atoms with Crippen molar-refractivity contribution in [3.63, 3.8) is 0 Å². The molecule has 0 aromatic carbocycles. The van der Waals surface area contributed by atoms with Crippen molar-refractivity contribution in [1.29, 1.82) is 0 Å². The van der Waals surface area contributed by atoms with Crippen LogP contribution in [-0.4, -0.2) is 31.3 Å². The molecule has 0 N–H and O–H groups in total. The molecule has 1 heterocycles. The molecule has 0 amide bonds. The molecule has 0 bridgehead atoms. The molecule has 1 aliphatic heterocycles. The first-order valence-electron chi connectivity index (χ1n) is 6.05. The summed E-state index contributed by atoms with van der Waals surface area (Å²) >= 11 is 6.01. The molecule has 3 heteroatoms. The first-order valence-corrected chi connectivity index (χ1v) is 6.58. The minimum Gasteiger partial charge on any atom is -0.376 e. The smallest absolute Gasteiger partial charge is 0.0942 e. The SMILES string of the molecule is COC1(C2OCCC2CCl)CCCCC1. The summed E-state index contributed by atoms with van der Waals surface area (Å²) in [5.74, 6) is 1.19. The summed E-state index contributed by atoms with van der Waals surface area (Å²) in [6.07, 6.45) is 7.48. The van der Waals surface area contributed by atoms with Gasteiger partial charge in [-0.05, 0) is 19.3 Å². The van der Waals surface area contributed by atoms with Crippen LogP contribution in [0.4, 0.5) is 0 Å². The van der Waals surface area contributed by atoms with E-state index in [4.69, 9.17) is 21.1 Å². The van der Waals surface area contributed by atoms with Crippen LogP contribution < -0.4 is 0 Å². The van der Waals surface area contributed by atoms with E-state index < -0.39 is 0 Å². The Labute approximate surface area is 97.3 Å². The predicted molar refractivity (Wildman–Crippen MR) is 61.4 cm³/mol. The molecule has 2 rings (SSSR count). The zero-order valence-electron chi connectivity index (χ0n) is 9.51. The molecule has 1 saturated heterocycles. The highest BCUT2D eigenvalue weighted by molar-refractivity contribution is 6.18. The van der Waals surface area contributed by atoms with Gasteiger partial charge in [-0.3, -0.25) is 0 Å². The van der Waals surface area contributed by atoms with Gasteiger partial charge in [0.2, 0.25) is 0 Å². The molecule has 0 aromatic heterocycles. The van der Waals surface area contributed by atoms with Crippen LogP contribution in [0.1, 0.15) is 38.5 Å². The number of hydrogen-bond acceptors (Lipinski definition) is 2. The fourth-order valence-electron chi connectivity index (χ4n) is 3.13. The van der Waals surface area contributed by atoms with E-state index in [0.29, 0.717) is 11.8 Å². The third-order valence-corrected chi connectivity index (χ3v) is 4.43. The van der Waals surface area contributed by atoms with Crippen molar-refractivity contribution in [3.05, 3.63) is 0 Å². The fraction of sp³-hybridized carbons (Fsp3) is 1.00. The van der Waals surface area contributed by atoms with Gasteiger partial charge < -0.3 is 9.47 Å². The zero-order valence-corrected chi connectivity index (χ0v) is 10.3. The van der Waals surface area contributed by atoms with Gasteiger partial charge >= 0.3 is 0 Å². The molecule has 2 nitrogen and oxygen atoms in total. The molecule has 0 radical (unpaired) electrons. The van der Waals surface area contributed by atoms with Crippen LogP contribution in [0.15, 0.2) is 0 Å². The summed E-state index contributed by atoms with van der Waals surface area (Å²) in [6, 6.07) is 0. The minimum absolute atomic E-state index is 0.0334. The monoisotopic (exact) mass is 232 g/mol. The molecule has 1 saturated carbocycles. The lowest BCUT2D eigenvalue weighted by atomic mass is 9.76. The lowest BCUT2D eigenvalue weighted by Crippen LogP contribution is -2.48. The molecule has 2 atom stereocenters. The number of hydrogen-bond donors (Lipinski definition) is 0. The molecule has 15 heavy (non-hydrogen) atoms. The Morgan fingerprint density at radius 3 is 2.67 bits per heavy atom. The number of alkyl halides is 1. The Kier molecular flexibility index (Phi) is 3.92. The summed E-state index contributed by atoms with van der Waals surface area (Å²) < 4.78 is 11.7. The van der Waals surface area contributed by atoms with E-state index in [9.17, 15) is 0 Å². The van der Waals surface area contributed by atoms with E-state index in [1.165, 1.54) is 19.3 Å². The van der Waals surface area contributed by atoms with Crippen LogP contribution in [-0.2, 0) is 9.47 Å². The van der Waals surface area contributed by atoms with Crippen LogP contribution in [0.25, 0.3) is 0 Å². The van der Waals surface area contributed by atoms with Crippen molar-refractivity contribution in [1.82, 2.24) is 0 Å². The minimum atomic E-state index is -0.0334. The van der Waals surface area contributed by atoms with Crippen molar-refractivity contribution < 1.29 is 9.47 Å². The summed E-state index contributed by atoms with van der Waals surface area (Å²) in [5.41, 5.74) is -0.0334. The molecule has 2 aliphatic rings. The molecule has 0 aromatic rings. The lowest BCUT2D eigenvalue weighted by Gasteiger charge is -2.42. The van der Waals surface area contributed by atoms with Gasteiger partial charge in [0, 0.05) is 25.5 Å². The largest absolute Gasteiger partial charge is 0.376 e. The summed E-state index contributed by atoms with van der Waals surface area (Å²) in [7, 11) is 1.83. The van der Waals surface area contributed by atoms with Crippen LogP contribution in [0.2, 0.25) is 0 Å². The van der Waals surface area contributed by atoms with Crippen molar-refractivity contribution in [2.24, 2.45) is 5.92 Å². The Hall–Kier alpha value is 0.210. The Morgan fingerprint density at radius 1 is 1.33 bits per heavy atom. The number of methoxy groups -OCH3 is 1. The number of ether oxygens (including phenoxy) is 2. The fourth-order valence-corrected chi connectivity index (χ4v) is 3.44. The average Bonchev–Trinajstić information content (AvgIpc) is 2.78. The molecule has 2 fully saturated rings. The van der Waals surface area contributed by atoms with Gasteiger partial charge in [-0.1, -0.05) is 19.3 Å². The zero-order chi connectivity index (χ0) is 10.7. The normalized spacial score (nSPS) is 35.6. The maximum atomic E-state index is 6.01. The highest BCUT2D eigenvalue weighted by Gasteiger charge is 2.46. The van der Waals surface area contributed by atoms with Crippen LogP contribution >= 0.6 is 11.6 Å². The van der Waals surface area contributed by atoms with Gasteiger partial charge in [-0.2, -0.15) is 0 Å². The maximum absolute atomic E-state index is 6.01. The second-order valence-corrected chi connectivity index (χ2v) is 5.13. The molecular formula is C12H21ClO2. The van der Waals surface area contributed by atoms with Gasteiger partial charge in [0.25, 0.3) is 0 Å². The van der Waals surface area contributed by atoms with E-state index in [-0.39, 0.29) is 11.7 Å². The van der Waals surface area contributed by atoms with Gasteiger partial charge in [-0.15, -0.1) is 11.6 Å². The second kappa shape index (κ2) is 5.03. The Morgan fingerprint density at radius 2 is 2.07 bits per heavy atom. The summed E-state index contributed by atoms with van der Waals surface area (Å²) in [4.78, 5) is 0. The van der Waals surface area contributed by atoms with Crippen molar-refractivity contribution in [3.8, 4) is 0 Å². The van der Waals surface area contributed by atoms with Gasteiger partial charge in [0.05, 0.1) is 11.7 Å². The molecule has 0 spiro atoms. The van der Waals surface area contributed by atoms with E-state index >= 15 is 0 Å². The standard InChI is InChI=1S/C12H21ClO2/c1-14-12(6-3-2-4-7-12)11-10(9-13)5-8-15-11/h10-11H,2-9H2,1H3. The Balaban J connectivity index is 2.09. The van der Waals surface area contributed by atoms with Gasteiger partial charge in [0.15, 0.2) is 0 Å². The van der Waals surface area contributed by atoms with Crippen LogP contribution in [0.3, 0.4) is 0 Å². The lowest BCUT2D eigenvalue weighted by molar-refractivity contribution is -0.138. The maximum Gasteiger partial charge on any atom is 0.0942 e. The number of halogens is 1. The summed E-state index contributed by atoms with van der Waals surface area (Å²) in [5, 5.41) is 0. The Bertz CT molecular complexity index is 202. The molecule has 1 aliphatic carbocycles. The molecule has 88 valence electrons. The van der Waals surface area contributed by atoms with Crippen molar-refractivity contribution in [2.75, 3.05) is 19.6 Å².